The average molecular weight is 343 g/mol. The Bertz CT molecular complexity index is 699. The molecule has 0 saturated carbocycles. The van der Waals surface area contributed by atoms with Crippen LogP contribution in [0.5, 0.6) is 0 Å². The third-order valence-corrected chi connectivity index (χ3v) is 3.15. The lowest BCUT2D eigenvalue weighted by atomic mass is 10.1. The standard InChI is InChI=1S/C15H13F4N3S/c16-11-6-9(5-10(7-11)15(17,18)19)8-21-14(23)22-13-3-1-12(20)2-4-13/h1-7H,8,20H2,(H2,21,22,23). The molecule has 2 aromatic rings. The van der Waals surface area contributed by atoms with Gasteiger partial charge in [-0.1, -0.05) is 0 Å². The van der Waals surface area contributed by atoms with Crippen LogP contribution in [0, 0.1) is 5.82 Å². The Kier molecular flexibility index (Phi) is 5.05. The number of halogens is 4. The van der Waals surface area contributed by atoms with Gasteiger partial charge in [-0.25, -0.2) is 4.39 Å². The molecule has 2 aromatic carbocycles. The van der Waals surface area contributed by atoms with E-state index in [0.717, 1.165) is 12.1 Å². The zero-order chi connectivity index (χ0) is 17.0. The molecule has 2 rings (SSSR count). The molecule has 0 radical (unpaired) electrons. The van der Waals surface area contributed by atoms with Crippen LogP contribution in [0.25, 0.3) is 0 Å². The summed E-state index contributed by atoms with van der Waals surface area (Å²) in [4.78, 5) is 0. The molecule has 0 spiro atoms. The van der Waals surface area contributed by atoms with E-state index in [1.54, 1.807) is 24.3 Å². The predicted molar refractivity (Wildman–Crippen MR) is 85.3 cm³/mol. The average Bonchev–Trinajstić information content (AvgIpc) is 2.46. The Morgan fingerprint density at radius 1 is 1.09 bits per heavy atom. The third-order valence-electron chi connectivity index (χ3n) is 2.91. The minimum Gasteiger partial charge on any atom is -0.399 e. The number of hydrogen-bond acceptors (Lipinski definition) is 2. The van der Waals surface area contributed by atoms with E-state index >= 15 is 0 Å². The summed E-state index contributed by atoms with van der Waals surface area (Å²) in [6.45, 7) is -0.0400. The minimum atomic E-state index is -4.60. The highest BCUT2D eigenvalue weighted by atomic mass is 32.1. The van der Waals surface area contributed by atoms with Crippen molar-refractivity contribution in [2.24, 2.45) is 0 Å². The molecule has 0 aliphatic rings. The van der Waals surface area contributed by atoms with Crippen molar-refractivity contribution in [1.29, 1.82) is 0 Å². The molecular weight excluding hydrogens is 330 g/mol. The predicted octanol–water partition coefficient (Wildman–Crippen LogP) is 3.91. The van der Waals surface area contributed by atoms with Gasteiger partial charge in [0, 0.05) is 17.9 Å². The number of anilines is 2. The lowest BCUT2D eigenvalue weighted by Gasteiger charge is -2.12. The number of benzene rings is 2. The van der Waals surface area contributed by atoms with Crippen molar-refractivity contribution in [3.8, 4) is 0 Å². The molecule has 4 N–H and O–H groups in total. The van der Waals surface area contributed by atoms with Gasteiger partial charge in [-0.2, -0.15) is 13.2 Å². The minimum absolute atomic E-state index is 0.0400. The molecule has 0 amide bonds. The van der Waals surface area contributed by atoms with Crippen LogP contribution < -0.4 is 16.4 Å². The number of rotatable bonds is 3. The molecule has 0 atom stereocenters. The molecule has 0 fully saturated rings. The molecule has 8 heteroatoms. The van der Waals surface area contributed by atoms with Crippen LogP contribution in [0.3, 0.4) is 0 Å². The number of thiocarbonyl (C=S) groups is 1. The summed E-state index contributed by atoms with van der Waals surface area (Å²) in [7, 11) is 0. The third kappa shape index (κ3) is 5.10. The summed E-state index contributed by atoms with van der Waals surface area (Å²) in [5, 5.41) is 5.77. The van der Waals surface area contributed by atoms with Gasteiger partial charge in [-0.05, 0) is 60.2 Å². The normalized spacial score (nSPS) is 11.1. The second-order valence-corrected chi connectivity index (χ2v) is 5.18. The van der Waals surface area contributed by atoms with Crippen LogP contribution in [0.1, 0.15) is 11.1 Å². The molecule has 0 unspecified atom stereocenters. The zero-order valence-electron chi connectivity index (χ0n) is 11.7. The van der Waals surface area contributed by atoms with Crippen molar-refractivity contribution >= 4 is 28.7 Å². The van der Waals surface area contributed by atoms with E-state index in [2.05, 4.69) is 10.6 Å². The first kappa shape index (κ1) is 17.0. The number of nitrogens with one attached hydrogen (secondary N) is 2. The number of hydrogen-bond donors (Lipinski definition) is 3. The Hall–Kier alpha value is -2.35. The van der Waals surface area contributed by atoms with E-state index < -0.39 is 17.6 Å². The number of alkyl halides is 3. The fourth-order valence-electron chi connectivity index (χ4n) is 1.84. The van der Waals surface area contributed by atoms with E-state index in [0.29, 0.717) is 17.4 Å². The quantitative estimate of drug-likeness (QED) is 0.449. The molecule has 0 saturated heterocycles. The summed E-state index contributed by atoms with van der Waals surface area (Å²) < 4.78 is 51.2. The summed E-state index contributed by atoms with van der Waals surface area (Å²) in [5.74, 6) is -0.950. The SMILES string of the molecule is Nc1ccc(NC(=S)NCc2cc(F)cc(C(F)(F)F)c2)cc1. The van der Waals surface area contributed by atoms with Crippen LogP contribution >= 0.6 is 12.2 Å². The molecule has 0 aliphatic heterocycles. The van der Waals surface area contributed by atoms with Gasteiger partial charge in [0.1, 0.15) is 5.82 Å². The summed E-state index contributed by atoms with van der Waals surface area (Å²) >= 11 is 5.04. The smallest absolute Gasteiger partial charge is 0.399 e. The van der Waals surface area contributed by atoms with Crippen molar-refractivity contribution < 1.29 is 17.6 Å². The first-order valence-corrected chi connectivity index (χ1v) is 6.92. The summed E-state index contributed by atoms with van der Waals surface area (Å²) in [6.07, 6.45) is -4.60. The van der Waals surface area contributed by atoms with E-state index in [9.17, 15) is 17.6 Å². The Morgan fingerprint density at radius 2 is 1.74 bits per heavy atom. The van der Waals surface area contributed by atoms with Crippen LogP contribution in [0.4, 0.5) is 28.9 Å². The first-order chi connectivity index (χ1) is 10.7. The van der Waals surface area contributed by atoms with Crippen molar-refractivity contribution in [2.75, 3.05) is 11.1 Å². The van der Waals surface area contributed by atoms with E-state index in [1.807, 2.05) is 0 Å². The van der Waals surface area contributed by atoms with Gasteiger partial charge < -0.3 is 16.4 Å². The van der Waals surface area contributed by atoms with Gasteiger partial charge in [0.2, 0.25) is 0 Å². The monoisotopic (exact) mass is 343 g/mol. The molecule has 23 heavy (non-hydrogen) atoms. The molecule has 0 heterocycles. The lowest BCUT2D eigenvalue weighted by molar-refractivity contribution is -0.137. The summed E-state index contributed by atoms with van der Waals surface area (Å²) in [5.41, 5.74) is 5.92. The van der Waals surface area contributed by atoms with E-state index in [-0.39, 0.29) is 17.2 Å². The first-order valence-electron chi connectivity index (χ1n) is 6.51. The highest BCUT2D eigenvalue weighted by molar-refractivity contribution is 7.80. The van der Waals surface area contributed by atoms with Gasteiger partial charge >= 0.3 is 6.18 Å². The van der Waals surface area contributed by atoms with Crippen molar-refractivity contribution in [3.63, 3.8) is 0 Å². The maximum absolute atomic E-state index is 13.3. The number of nitrogen functional groups attached to an aromatic ring is 1. The Labute approximate surface area is 135 Å². The fraction of sp³-hybridized carbons (Fsp3) is 0.133. The van der Waals surface area contributed by atoms with Crippen LogP contribution in [-0.4, -0.2) is 5.11 Å². The zero-order valence-corrected chi connectivity index (χ0v) is 12.6. The lowest BCUT2D eigenvalue weighted by Crippen LogP contribution is -2.28. The largest absolute Gasteiger partial charge is 0.416 e. The molecular formula is C15H13F4N3S. The Morgan fingerprint density at radius 3 is 2.35 bits per heavy atom. The highest BCUT2D eigenvalue weighted by Crippen LogP contribution is 2.30. The molecule has 122 valence electrons. The van der Waals surface area contributed by atoms with E-state index in [4.69, 9.17) is 18.0 Å². The van der Waals surface area contributed by atoms with E-state index in [1.165, 1.54) is 0 Å². The maximum atomic E-state index is 13.3. The highest BCUT2D eigenvalue weighted by Gasteiger charge is 2.31. The molecule has 0 aromatic heterocycles. The second-order valence-electron chi connectivity index (χ2n) is 4.78. The number of nitrogens with two attached hydrogens (primary N) is 1. The molecule has 0 aliphatic carbocycles. The van der Waals surface area contributed by atoms with Gasteiger partial charge in [0.15, 0.2) is 5.11 Å². The second kappa shape index (κ2) is 6.82. The summed E-state index contributed by atoms with van der Waals surface area (Å²) in [6, 6.07) is 9.10. The van der Waals surface area contributed by atoms with Crippen molar-refractivity contribution in [1.82, 2.24) is 5.32 Å². The van der Waals surface area contributed by atoms with Gasteiger partial charge in [-0.15, -0.1) is 0 Å². The Balaban J connectivity index is 1.99. The topological polar surface area (TPSA) is 50.1 Å². The van der Waals surface area contributed by atoms with Crippen molar-refractivity contribution in [3.05, 3.63) is 59.4 Å². The van der Waals surface area contributed by atoms with Gasteiger partial charge in [0.05, 0.1) is 5.56 Å². The maximum Gasteiger partial charge on any atom is 0.416 e. The molecule has 0 bridgehead atoms. The van der Waals surface area contributed by atoms with Crippen molar-refractivity contribution in [2.45, 2.75) is 12.7 Å². The van der Waals surface area contributed by atoms with Gasteiger partial charge in [0.25, 0.3) is 0 Å². The fourth-order valence-corrected chi connectivity index (χ4v) is 2.03. The molecule has 3 nitrogen and oxygen atoms in total. The van der Waals surface area contributed by atoms with Crippen LogP contribution in [0.15, 0.2) is 42.5 Å². The van der Waals surface area contributed by atoms with Gasteiger partial charge in [-0.3, -0.25) is 0 Å². The van der Waals surface area contributed by atoms with Crippen LogP contribution in [0.2, 0.25) is 0 Å². The van der Waals surface area contributed by atoms with Crippen LogP contribution in [-0.2, 0) is 12.7 Å².